The van der Waals surface area contributed by atoms with Gasteiger partial charge in [-0.1, -0.05) is 32.0 Å². The van der Waals surface area contributed by atoms with E-state index in [1.54, 1.807) is 12.4 Å². The standard InChI is InChI=1S/C20H26N4O/c1-3-11-23(12-4-2)20-21-14-17(15-22-20)19(25)24-13-7-9-16-8-5-6-10-18(16)24/h5-6,8,10,14-15H,3-4,7,9,11-13H2,1-2H3. The lowest BCUT2D eigenvalue weighted by Crippen LogP contribution is -2.35. The number of fused-ring (bicyclic) bond motifs is 1. The summed E-state index contributed by atoms with van der Waals surface area (Å²) in [5.74, 6) is 0.690. The predicted molar refractivity (Wildman–Crippen MR) is 101 cm³/mol. The molecule has 0 atom stereocenters. The van der Waals surface area contributed by atoms with Crippen molar-refractivity contribution in [2.75, 3.05) is 29.4 Å². The quantitative estimate of drug-likeness (QED) is 0.806. The molecule has 0 spiro atoms. The number of anilines is 2. The maximum atomic E-state index is 12.9. The highest BCUT2D eigenvalue weighted by Crippen LogP contribution is 2.28. The molecule has 0 fully saturated rings. The highest BCUT2D eigenvalue weighted by Gasteiger charge is 2.24. The maximum absolute atomic E-state index is 12.9. The lowest BCUT2D eigenvalue weighted by Gasteiger charge is -2.29. The number of aromatic nitrogens is 2. The maximum Gasteiger partial charge on any atom is 0.261 e. The number of carbonyl (C=O) groups excluding carboxylic acids is 1. The summed E-state index contributed by atoms with van der Waals surface area (Å²) in [6.07, 6.45) is 7.45. The third-order valence-corrected chi connectivity index (χ3v) is 4.51. The third kappa shape index (κ3) is 3.81. The van der Waals surface area contributed by atoms with Gasteiger partial charge in [0.05, 0.1) is 5.56 Å². The highest BCUT2D eigenvalue weighted by atomic mass is 16.2. The van der Waals surface area contributed by atoms with E-state index in [1.165, 1.54) is 5.56 Å². The number of rotatable bonds is 6. The van der Waals surface area contributed by atoms with E-state index in [0.717, 1.165) is 51.0 Å². The number of hydrogen-bond donors (Lipinski definition) is 0. The number of amides is 1. The molecule has 0 radical (unpaired) electrons. The number of benzene rings is 1. The Bertz CT molecular complexity index is 708. The summed E-state index contributed by atoms with van der Waals surface area (Å²) < 4.78 is 0. The summed E-state index contributed by atoms with van der Waals surface area (Å²) in [7, 11) is 0. The van der Waals surface area contributed by atoms with Gasteiger partial charge in [-0.2, -0.15) is 0 Å². The average Bonchev–Trinajstić information content (AvgIpc) is 2.67. The second kappa shape index (κ2) is 8.10. The van der Waals surface area contributed by atoms with Crippen LogP contribution >= 0.6 is 0 Å². The molecule has 2 heterocycles. The van der Waals surface area contributed by atoms with Gasteiger partial charge in [0.2, 0.25) is 5.95 Å². The van der Waals surface area contributed by atoms with Gasteiger partial charge in [-0.05, 0) is 37.3 Å². The van der Waals surface area contributed by atoms with Gasteiger partial charge in [0, 0.05) is 37.7 Å². The van der Waals surface area contributed by atoms with Gasteiger partial charge >= 0.3 is 0 Å². The molecule has 1 aromatic carbocycles. The molecule has 5 nitrogen and oxygen atoms in total. The van der Waals surface area contributed by atoms with E-state index >= 15 is 0 Å². The van der Waals surface area contributed by atoms with Crippen molar-refractivity contribution in [3.8, 4) is 0 Å². The fourth-order valence-corrected chi connectivity index (χ4v) is 3.35. The minimum Gasteiger partial charge on any atom is -0.341 e. The van der Waals surface area contributed by atoms with Crippen molar-refractivity contribution in [1.82, 2.24) is 9.97 Å². The van der Waals surface area contributed by atoms with E-state index in [1.807, 2.05) is 23.1 Å². The molecule has 1 aromatic heterocycles. The monoisotopic (exact) mass is 338 g/mol. The third-order valence-electron chi connectivity index (χ3n) is 4.51. The second-order valence-corrected chi connectivity index (χ2v) is 6.45. The molecule has 0 aliphatic carbocycles. The van der Waals surface area contributed by atoms with Gasteiger partial charge < -0.3 is 9.80 Å². The van der Waals surface area contributed by atoms with Crippen LogP contribution < -0.4 is 9.80 Å². The summed E-state index contributed by atoms with van der Waals surface area (Å²) in [4.78, 5) is 25.9. The fourth-order valence-electron chi connectivity index (χ4n) is 3.35. The molecule has 1 aliphatic rings. The Kier molecular flexibility index (Phi) is 5.64. The Morgan fingerprint density at radius 1 is 1.12 bits per heavy atom. The van der Waals surface area contributed by atoms with Crippen LogP contribution in [0.4, 0.5) is 11.6 Å². The molecule has 1 amide bonds. The van der Waals surface area contributed by atoms with E-state index in [-0.39, 0.29) is 5.91 Å². The molecule has 25 heavy (non-hydrogen) atoms. The van der Waals surface area contributed by atoms with Crippen LogP contribution in [0, 0.1) is 0 Å². The lowest BCUT2D eigenvalue weighted by molar-refractivity contribution is 0.0984. The van der Waals surface area contributed by atoms with Gasteiger partial charge in [0.25, 0.3) is 5.91 Å². The number of aryl methyl sites for hydroxylation is 1. The van der Waals surface area contributed by atoms with Crippen molar-refractivity contribution in [2.24, 2.45) is 0 Å². The number of nitrogens with zero attached hydrogens (tertiary/aromatic N) is 4. The molecule has 2 aromatic rings. The van der Waals surface area contributed by atoms with E-state index in [2.05, 4.69) is 34.8 Å². The zero-order chi connectivity index (χ0) is 17.6. The second-order valence-electron chi connectivity index (χ2n) is 6.45. The molecule has 1 aliphatic heterocycles. The van der Waals surface area contributed by atoms with Gasteiger partial charge in [0.1, 0.15) is 0 Å². The first kappa shape index (κ1) is 17.4. The molecule has 5 heteroatoms. The highest BCUT2D eigenvalue weighted by molar-refractivity contribution is 6.06. The Morgan fingerprint density at radius 2 is 1.80 bits per heavy atom. The van der Waals surface area contributed by atoms with Crippen LogP contribution in [0.1, 0.15) is 49.0 Å². The number of carbonyl (C=O) groups is 1. The number of para-hydroxylation sites is 1. The van der Waals surface area contributed by atoms with Crippen LogP contribution in [-0.2, 0) is 6.42 Å². The molecular weight excluding hydrogens is 312 g/mol. The van der Waals surface area contributed by atoms with Crippen molar-refractivity contribution in [3.63, 3.8) is 0 Å². The fraction of sp³-hybridized carbons (Fsp3) is 0.450. The van der Waals surface area contributed by atoms with Gasteiger partial charge in [-0.3, -0.25) is 4.79 Å². The van der Waals surface area contributed by atoms with E-state index in [9.17, 15) is 4.79 Å². The average molecular weight is 338 g/mol. The van der Waals surface area contributed by atoms with Crippen LogP contribution in [-0.4, -0.2) is 35.5 Å². The molecular formula is C20H26N4O. The first-order valence-electron chi connectivity index (χ1n) is 9.21. The molecule has 0 N–H and O–H groups in total. The molecule has 0 bridgehead atoms. The Labute approximate surface area is 149 Å². The van der Waals surface area contributed by atoms with Crippen LogP contribution in [0.25, 0.3) is 0 Å². The summed E-state index contributed by atoms with van der Waals surface area (Å²) in [6.45, 7) is 6.90. The van der Waals surface area contributed by atoms with E-state index in [4.69, 9.17) is 0 Å². The van der Waals surface area contributed by atoms with E-state index < -0.39 is 0 Å². The molecule has 3 rings (SSSR count). The summed E-state index contributed by atoms with van der Waals surface area (Å²) >= 11 is 0. The predicted octanol–water partition coefficient (Wildman–Crippen LogP) is 3.70. The Morgan fingerprint density at radius 3 is 2.48 bits per heavy atom. The Hall–Kier alpha value is -2.43. The van der Waals surface area contributed by atoms with E-state index in [0.29, 0.717) is 11.5 Å². The van der Waals surface area contributed by atoms with Crippen molar-refractivity contribution < 1.29 is 4.79 Å². The normalized spacial score (nSPS) is 13.4. The lowest BCUT2D eigenvalue weighted by atomic mass is 10.0. The van der Waals surface area contributed by atoms with Crippen LogP contribution in [0.15, 0.2) is 36.7 Å². The first-order valence-corrected chi connectivity index (χ1v) is 9.21. The number of hydrogen-bond acceptors (Lipinski definition) is 4. The zero-order valence-corrected chi connectivity index (χ0v) is 15.1. The van der Waals surface area contributed by atoms with Crippen LogP contribution in [0.3, 0.4) is 0 Å². The largest absolute Gasteiger partial charge is 0.341 e. The van der Waals surface area contributed by atoms with Gasteiger partial charge in [-0.25, -0.2) is 9.97 Å². The molecule has 132 valence electrons. The Balaban J connectivity index is 1.80. The smallest absolute Gasteiger partial charge is 0.261 e. The first-order chi connectivity index (χ1) is 12.2. The zero-order valence-electron chi connectivity index (χ0n) is 15.1. The van der Waals surface area contributed by atoms with Crippen molar-refractivity contribution in [2.45, 2.75) is 39.5 Å². The van der Waals surface area contributed by atoms with Crippen LogP contribution in [0.5, 0.6) is 0 Å². The SMILES string of the molecule is CCCN(CCC)c1ncc(C(=O)N2CCCc3ccccc32)cn1. The molecule has 0 saturated carbocycles. The van der Waals surface area contributed by atoms with Crippen molar-refractivity contribution >= 4 is 17.5 Å². The summed E-state index contributed by atoms with van der Waals surface area (Å²) in [6, 6.07) is 8.13. The topological polar surface area (TPSA) is 49.3 Å². The summed E-state index contributed by atoms with van der Waals surface area (Å²) in [5.41, 5.74) is 2.80. The van der Waals surface area contributed by atoms with Crippen molar-refractivity contribution in [3.05, 3.63) is 47.8 Å². The van der Waals surface area contributed by atoms with Crippen LogP contribution in [0.2, 0.25) is 0 Å². The molecule has 0 unspecified atom stereocenters. The van der Waals surface area contributed by atoms with Gasteiger partial charge in [-0.15, -0.1) is 0 Å². The van der Waals surface area contributed by atoms with Crippen molar-refractivity contribution in [1.29, 1.82) is 0 Å². The molecule has 0 saturated heterocycles. The summed E-state index contributed by atoms with van der Waals surface area (Å²) in [5, 5.41) is 0. The minimum absolute atomic E-state index is 0.0174. The minimum atomic E-state index is -0.0174. The van der Waals surface area contributed by atoms with Gasteiger partial charge in [0.15, 0.2) is 0 Å².